The molecule has 2 aromatic rings. The number of imidazole rings is 1. The van der Waals surface area contributed by atoms with Gasteiger partial charge in [0.15, 0.2) is 0 Å². The van der Waals surface area contributed by atoms with Gasteiger partial charge in [0.1, 0.15) is 19.0 Å². The van der Waals surface area contributed by atoms with Gasteiger partial charge < -0.3 is 10.6 Å². The van der Waals surface area contributed by atoms with Gasteiger partial charge in [0, 0.05) is 5.92 Å². The van der Waals surface area contributed by atoms with Crippen LogP contribution in [0.1, 0.15) is 30.9 Å². The molecule has 2 N–H and O–H groups in total. The van der Waals surface area contributed by atoms with Crippen molar-refractivity contribution in [3.05, 3.63) is 24.2 Å². The highest BCUT2D eigenvalue weighted by molar-refractivity contribution is 5.75. The molecule has 0 saturated heterocycles. The zero-order valence-electron chi connectivity index (χ0n) is 10.2. The molecule has 0 amide bonds. The van der Waals surface area contributed by atoms with Crippen LogP contribution in [0.15, 0.2) is 18.5 Å². The van der Waals surface area contributed by atoms with Crippen molar-refractivity contribution in [2.45, 2.75) is 25.2 Å². The monoisotopic (exact) mass is 245 g/mol. The van der Waals surface area contributed by atoms with E-state index in [1.165, 1.54) is 4.73 Å². The van der Waals surface area contributed by atoms with E-state index in [1.54, 1.807) is 13.4 Å². The van der Waals surface area contributed by atoms with Gasteiger partial charge in [-0.1, -0.05) is 12.2 Å². The minimum Gasteiger partial charge on any atom is -0.414 e. The van der Waals surface area contributed by atoms with E-state index in [0.717, 1.165) is 30.5 Å². The van der Waals surface area contributed by atoms with Crippen molar-refractivity contribution >= 4 is 17.1 Å². The molecular weight excluding hydrogens is 230 g/mol. The molecule has 1 aliphatic rings. The summed E-state index contributed by atoms with van der Waals surface area (Å²) in [6.45, 7) is 0. The topological polar surface area (TPSA) is 78.8 Å². The number of aromatic nitrogens is 4. The van der Waals surface area contributed by atoms with Crippen LogP contribution in [-0.2, 0) is 0 Å². The minimum absolute atomic E-state index is 0.260. The maximum atomic E-state index is 5.77. The van der Waals surface area contributed by atoms with Gasteiger partial charge in [-0.25, -0.2) is 9.97 Å². The zero-order valence-corrected chi connectivity index (χ0v) is 10.2. The fourth-order valence-electron chi connectivity index (χ4n) is 2.35. The summed E-state index contributed by atoms with van der Waals surface area (Å²) in [7, 11) is 1.57. The van der Waals surface area contributed by atoms with Crippen LogP contribution in [0.4, 0.5) is 5.95 Å². The fraction of sp³-hybridized carbons (Fsp3) is 0.417. The number of anilines is 1. The van der Waals surface area contributed by atoms with Crippen LogP contribution in [0.25, 0.3) is 11.2 Å². The van der Waals surface area contributed by atoms with Crippen LogP contribution in [-0.4, -0.2) is 26.8 Å². The number of allylic oxidation sites excluding steroid dienone is 2. The van der Waals surface area contributed by atoms with Crippen molar-refractivity contribution in [2.75, 3.05) is 12.8 Å². The number of nitrogens with zero attached hydrogens (tertiary/aromatic N) is 4. The molecule has 0 fully saturated rings. The highest BCUT2D eigenvalue weighted by atomic mass is 16.6. The number of hydrogen-bond donors (Lipinski definition) is 1. The van der Waals surface area contributed by atoms with Crippen molar-refractivity contribution in [3.8, 4) is 0 Å². The first-order chi connectivity index (χ1) is 8.79. The molecule has 2 aromatic heterocycles. The third-order valence-corrected chi connectivity index (χ3v) is 3.21. The third-order valence-electron chi connectivity index (χ3n) is 3.21. The van der Waals surface area contributed by atoms with Crippen LogP contribution in [0.2, 0.25) is 0 Å². The maximum absolute atomic E-state index is 5.77. The quantitative estimate of drug-likeness (QED) is 0.806. The van der Waals surface area contributed by atoms with Crippen molar-refractivity contribution in [1.29, 1.82) is 0 Å². The predicted molar refractivity (Wildman–Crippen MR) is 68.0 cm³/mol. The van der Waals surface area contributed by atoms with Gasteiger partial charge in [-0.15, -0.1) is 0 Å². The summed E-state index contributed by atoms with van der Waals surface area (Å²) >= 11 is 0. The summed E-state index contributed by atoms with van der Waals surface area (Å²) < 4.78 is 1.50. The first-order valence-electron chi connectivity index (χ1n) is 6.01. The zero-order chi connectivity index (χ0) is 12.5. The second-order valence-corrected chi connectivity index (χ2v) is 4.36. The van der Waals surface area contributed by atoms with Crippen molar-refractivity contribution in [3.63, 3.8) is 0 Å². The van der Waals surface area contributed by atoms with Gasteiger partial charge in [-0.05, 0) is 19.3 Å². The number of fused-ring (bicyclic) bond motifs is 1. The Morgan fingerprint density at radius 2 is 2.33 bits per heavy atom. The first-order valence-corrected chi connectivity index (χ1v) is 6.01. The molecule has 0 aromatic carbocycles. The van der Waals surface area contributed by atoms with E-state index >= 15 is 0 Å². The third kappa shape index (κ3) is 1.70. The predicted octanol–water partition coefficient (Wildman–Crippen LogP) is 1.29. The standard InChI is InChI=1S/C12H15N5O/c1-18-17-7-14-10-9(8-5-3-2-4-6-8)15-12(13)16-11(10)17/h3,5,7-8H,2,4,6H2,1H3,(H2,13,15,16). The van der Waals surface area contributed by atoms with Gasteiger partial charge in [-0.3, -0.25) is 0 Å². The molecular formula is C12H15N5O. The van der Waals surface area contributed by atoms with Crippen LogP contribution in [0.5, 0.6) is 0 Å². The molecule has 1 atom stereocenters. The molecule has 3 rings (SSSR count). The summed E-state index contributed by atoms with van der Waals surface area (Å²) in [5.74, 6) is 0.530. The normalized spacial score (nSPS) is 19.3. The van der Waals surface area contributed by atoms with Crippen LogP contribution >= 0.6 is 0 Å². The van der Waals surface area contributed by atoms with E-state index in [1.807, 2.05) is 0 Å². The summed E-state index contributed by atoms with van der Waals surface area (Å²) in [5, 5.41) is 0. The lowest BCUT2D eigenvalue weighted by Crippen LogP contribution is -2.09. The maximum Gasteiger partial charge on any atom is 0.222 e. The first kappa shape index (κ1) is 11.0. The Balaban J connectivity index is 2.18. The van der Waals surface area contributed by atoms with E-state index in [2.05, 4.69) is 27.1 Å². The van der Waals surface area contributed by atoms with E-state index in [0.29, 0.717) is 5.65 Å². The van der Waals surface area contributed by atoms with E-state index in [4.69, 9.17) is 10.6 Å². The van der Waals surface area contributed by atoms with Gasteiger partial charge in [0.05, 0.1) is 5.69 Å². The lowest BCUT2D eigenvalue weighted by molar-refractivity contribution is 0.176. The van der Waals surface area contributed by atoms with Crippen molar-refractivity contribution in [2.24, 2.45) is 0 Å². The molecule has 2 heterocycles. The fourth-order valence-corrected chi connectivity index (χ4v) is 2.35. The number of nitrogens with two attached hydrogens (primary N) is 1. The minimum atomic E-state index is 0.260. The summed E-state index contributed by atoms with van der Waals surface area (Å²) in [4.78, 5) is 18.0. The van der Waals surface area contributed by atoms with Crippen molar-refractivity contribution < 1.29 is 4.84 Å². The Morgan fingerprint density at radius 3 is 3.06 bits per heavy atom. The summed E-state index contributed by atoms with van der Waals surface area (Å²) in [5.41, 5.74) is 8.05. The van der Waals surface area contributed by atoms with Crippen molar-refractivity contribution in [1.82, 2.24) is 19.7 Å². The summed E-state index contributed by atoms with van der Waals surface area (Å²) in [6.07, 6.45) is 9.32. The molecule has 0 spiro atoms. The van der Waals surface area contributed by atoms with E-state index in [-0.39, 0.29) is 11.9 Å². The van der Waals surface area contributed by atoms with E-state index < -0.39 is 0 Å². The number of nitrogen functional groups attached to an aromatic ring is 1. The lowest BCUT2D eigenvalue weighted by atomic mass is 9.92. The Morgan fingerprint density at radius 1 is 1.44 bits per heavy atom. The SMILES string of the molecule is COn1cnc2c(C3C=CCCC3)nc(N)nc21. The van der Waals surface area contributed by atoms with Gasteiger partial charge in [0.25, 0.3) is 0 Å². The summed E-state index contributed by atoms with van der Waals surface area (Å²) in [6, 6.07) is 0. The molecule has 0 radical (unpaired) electrons. The van der Waals surface area contributed by atoms with E-state index in [9.17, 15) is 0 Å². The molecule has 18 heavy (non-hydrogen) atoms. The Hall–Kier alpha value is -2.11. The van der Waals surface area contributed by atoms with Gasteiger partial charge in [-0.2, -0.15) is 9.71 Å². The largest absolute Gasteiger partial charge is 0.414 e. The van der Waals surface area contributed by atoms with Gasteiger partial charge >= 0.3 is 0 Å². The molecule has 0 saturated carbocycles. The number of hydrogen-bond acceptors (Lipinski definition) is 5. The highest BCUT2D eigenvalue weighted by Crippen LogP contribution is 2.30. The second-order valence-electron chi connectivity index (χ2n) is 4.36. The Bertz CT molecular complexity index is 604. The Labute approximate surface area is 104 Å². The number of rotatable bonds is 2. The molecule has 1 unspecified atom stereocenters. The molecule has 0 aliphatic heterocycles. The van der Waals surface area contributed by atoms with Crippen LogP contribution in [0, 0.1) is 0 Å². The molecule has 94 valence electrons. The second kappa shape index (κ2) is 4.29. The van der Waals surface area contributed by atoms with Crippen LogP contribution < -0.4 is 10.6 Å². The molecule has 6 heteroatoms. The van der Waals surface area contributed by atoms with Crippen LogP contribution in [0.3, 0.4) is 0 Å². The smallest absolute Gasteiger partial charge is 0.222 e. The molecule has 1 aliphatic carbocycles. The molecule has 0 bridgehead atoms. The lowest BCUT2D eigenvalue weighted by Gasteiger charge is -2.16. The average molecular weight is 245 g/mol. The Kier molecular flexibility index (Phi) is 2.62. The highest BCUT2D eigenvalue weighted by Gasteiger charge is 2.20. The van der Waals surface area contributed by atoms with Gasteiger partial charge in [0.2, 0.25) is 11.6 Å². The average Bonchev–Trinajstić information content (AvgIpc) is 2.81. The molecule has 6 nitrogen and oxygen atoms in total.